The van der Waals surface area contributed by atoms with Gasteiger partial charge in [-0.05, 0) is 0 Å². The fourth-order valence-electron chi connectivity index (χ4n) is 1.31. The highest BCUT2D eigenvalue weighted by Gasteiger charge is 2.18. The van der Waals surface area contributed by atoms with E-state index in [1.54, 1.807) is 71.5 Å². The number of hydrogen-bond donors (Lipinski definition) is 7. The lowest BCUT2D eigenvalue weighted by Crippen LogP contribution is -2.46. The van der Waals surface area contributed by atoms with Gasteiger partial charge < -0.3 is 38.5 Å². The van der Waals surface area contributed by atoms with Crippen LogP contribution >= 0.6 is 0 Å². The van der Waals surface area contributed by atoms with Crippen molar-refractivity contribution in [3.8, 4) is 18.6 Å². The Morgan fingerprint density at radius 3 is 1.09 bits per heavy atom. The normalized spacial score (nSPS) is 10.9. The van der Waals surface area contributed by atoms with Crippen molar-refractivity contribution in [2.75, 3.05) is 120 Å². The summed E-state index contributed by atoms with van der Waals surface area (Å²) in [6.45, 7) is 0. The second-order valence-electron chi connectivity index (χ2n) is 10.9. The third-order valence-corrected chi connectivity index (χ3v) is 4.72. The van der Waals surface area contributed by atoms with Crippen LogP contribution in [0.15, 0.2) is 20.0 Å². The lowest BCUT2D eigenvalue weighted by Gasteiger charge is -2.20. The van der Waals surface area contributed by atoms with Crippen LogP contribution < -0.4 is 34.4 Å². The minimum Gasteiger partial charge on any atom is -0.370 e. The quantitative estimate of drug-likeness (QED) is 0.0327. The Bertz CT molecular complexity index is 1140. The third kappa shape index (κ3) is 36.5. The van der Waals surface area contributed by atoms with Gasteiger partial charge in [0.1, 0.15) is 0 Å². The molecule has 0 saturated carbocycles. The Hall–Kier alpha value is -5.59. The van der Waals surface area contributed by atoms with Gasteiger partial charge in [-0.15, -0.1) is 10.3 Å². The van der Waals surface area contributed by atoms with E-state index >= 15 is 0 Å². The molecule has 0 aromatic carbocycles. The van der Waals surface area contributed by atoms with E-state index in [-0.39, 0.29) is 22.4 Å². The maximum atomic E-state index is 8.27. The first-order valence-electron chi connectivity index (χ1n) is 13.4. The van der Waals surface area contributed by atoms with Crippen LogP contribution in [0.2, 0.25) is 0 Å². The molecule has 0 heterocycles. The highest BCUT2D eigenvalue weighted by molar-refractivity contribution is 5.79. The zero-order valence-corrected chi connectivity index (χ0v) is 31.7. The maximum Gasteiger partial charge on any atom is 0.344 e. The van der Waals surface area contributed by atoms with Gasteiger partial charge in [-0.3, -0.25) is 34.6 Å². The largest absolute Gasteiger partial charge is 0.370 e. The van der Waals surface area contributed by atoms with E-state index in [4.69, 9.17) is 55.6 Å². The average Bonchev–Trinajstić information content (AvgIpc) is 2.99. The molecule has 0 atom stereocenters. The van der Waals surface area contributed by atoms with E-state index in [0.717, 1.165) is 5.96 Å². The molecule has 0 bridgehead atoms. The number of nitrogens with zero attached hydrogens (tertiary/aromatic N) is 14. The molecule has 0 rings (SSSR count). The second kappa shape index (κ2) is 29.1. The molecule has 13 N–H and O–H groups in total. The van der Waals surface area contributed by atoms with Gasteiger partial charge in [0.25, 0.3) is 5.96 Å². The van der Waals surface area contributed by atoms with Crippen molar-refractivity contribution < 1.29 is 13.5 Å². The third-order valence-electron chi connectivity index (χ3n) is 4.72. The van der Waals surface area contributed by atoms with Crippen molar-refractivity contribution in [2.45, 2.75) is 0 Å². The lowest BCUT2D eigenvalue weighted by molar-refractivity contribution is -0.778. The highest BCUT2D eigenvalue weighted by Crippen LogP contribution is 1.88. The van der Waals surface area contributed by atoms with Gasteiger partial charge in [0.05, 0.1) is 63.4 Å². The zero-order chi connectivity index (χ0) is 39.3. The van der Waals surface area contributed by atoms with Crippen LogP contribution in [0, 0.1) is 39.8 Å². The predicted molar refractivity (Wildman–Crippen MR) is 193 cm³/mol. The summed E-state index contributed by atoms with van der Waals surface area (Å²) in [7, 11) is 30.2. The van der Waals surface area contributed by atoms with E-state index in [1.807, 2.05) is 79.1 Å². The summed E-state index contributed by atoms with van der Waals surface area (Å²) in [5.74, 6) is 2.28. The van der Waals surface area contributed by atoms with Crippen molar-refractivity contribution in [2.24, 2.45) is 54.4 Å². The summed E-state index contributed by atoms with van der Waals surface area (Å²) in [6, 6.07) is 0. The van der Waals surface area contributed by atoms with Crippen LogP contribution in [0.4, 0.5) is 0 Å². The topological polar surface area (TPSA) is 317 Å². The van der Waals surface area contributed by atoms with Crippen LogP contribution in [0.1, 0.15) is 0 Å². The SMILES string of the molecule is CN(C)C(N)=NC#N.CN(C)C(N)=[N+](C)C.CN=C(N)N(C)C.CN=C(N)N(C)C#N.CN=C(N)[N+](C)(C)C.C[N+](C)(C#N)C(=N)N. The Balaban J connectivity index is -0.000000107. The van der Waals surface area contributed by atoms with Gasteiger partial charge in [0.15, 0.2) is 12.2 Å². The summed E-state index contributed by atoms with van der Waals surface area (Å²) in [5, 5.41) is 31.2. The molecule has 0 aromatic rings. The van der Waals surface area contributed by atoms with E-state index < -0.39 is 0 Å². The van der Waals surface area contributed by atoms with Crippen molar-refractivity contribution >= 4 is 35.8 Å². The summed E-state index contributed by atoms with van der Waals surface area (Å²) in [5.41, 5.74) is 31.7. The molecule has 270 valence electrons. The molecule has 0 unspecified atom stereocenters. The number of nitrogens with two attached hydrogens (primary N) is 6. The van der Waals surface area contributed by atoms with Crippen molar-refractivity contribution in [1.82, 2.24) is 19.6 Å². The van der Waals surface area contributed by atoms with Crippen LogP contribution in [0.5, 0.6) is 0 Å². The number of nitrogens with one attached hydrogen (secondary N) is 1. The molecule has 0 spiro atoms. The minimum atomic E-state index is -0.208. The van der Waals surface area contributed by atoms with E-state index in [1.165, 1.54) is 11.9 Å². The number of guanidine groups is 6. The fraction of sp³-hybridized carbons (Fsp3) is 0.654. The molecular weight excluding hydrogens is 606 g/mol. The predicted octanol–water partition coefficient (Wildman–Crippen LogP) is -3.61. The number of quaternary nitrogens is 2. The lowest BCUT2D eigenvalue weighted by atomic mass is 10.7. The summed E-state index contributed by atoms with van der Waals surface area (Å²) < 4.78 is 2.26. The molecule has 0 saturated heterocycles. The Morgan fingerprint density at radius 2 is 1.04 bits per heavy atom. The molecular formula is C26H64N21+3. The first-order chi connectivity index (χ1) is 21.1. The molecule has 0 amide bonds. The smallest absolute Gasteiger partial charge is 0.344 e. The molecule has 21 heteroatoms. The fourth-order valence-corrected chi connectivity index (χ4v) is 1.31. The Labute approximate surface area is 282 Å². The van der Waals surface area contributed by atoms with E-state index in [9.17, 15) is 0 Å². The molecule has 0 aliphatic rings. The molecule has 0 aliphatic carbocycles. The molecule has 0 fully saturated rings. The van der Waals surface area contributed by atoms with E-state index in [2.05, 4.69) is 20.0 Å². The zero-order valence-electron chi connectivity index (χ0n) is 31.7. The Morgan fingerprint density at radius 1 is 0.660 bits per heavy atom. The highest BCUT2D eigenvalue weighted by atomic mass is 15.4. The Kier molecular flexibility index (Phi) is 33.4. The van der Waals surface area contributed by atoms with Gasteiger partial charge >= 0.3 is 18.1 Å². The van der Waals surface area contributed by atoms with E-state index in [0.29, 0.717) is 16.4 Å². The standard InChI is InChI=1S/C5H14N3.C5H13N3.C4H9N4.2C4H8N4.C4H11N3/c1-7-5(6)8(2,3)4;1-7(2)5(6)8(3)4;1-8(2,3-5)4(6)7;1-8(2)4(6)7-3-5;1-7-4(6)8(2)3-5;1-6-4(5)7(2)3/h1-4H3,(H2,6,7);6H,1-4H3;1-2H3,(H3,6,7);2*1-2H3,(H2,6,7);1-3H3,(H2,5,6)/q+1;;+1;;;/p+1. The van der Waals surface area contributed by atoms with Crippen LogP contribution in [-0.2, 0) is 0 Å². The van der Waals surface area contributed by atoms with Gasteiger partial charge in [-0.25, -0.2) is 10.4 Å². The first kappa shape index (κ1) is 53.9. The van der Waals surface area contributed by atoms with Gasteiger partial charge in [0, 0.05) is 56.4 Å². The molecule has 47 heavy (non-hydrogen) atoms. The van der Waals surface area contributed by atoms with Gasteiger partial charge in [0.2, 0.25) is 18.1 Å². The van der Waals surface area contributed by atoms with Crippen molar-refractivity contribution in [1.29, 1.82) is 21.2 Å². The van der Waals surface area contributed by atoms with Gasteiger partial charge in [-0.1, -0.05) is 0 Å². The molecule has 21 nitrogen and oxygen atoms in total. The van der Waals surface area contributed by atoms with Crippen LogP contribution in [-0.4, -0.2) is 189 Å². The van der Waals surface area contributed by atoms with Crippen molar-refractivity contribution in [3.05, 3.63) is 0 Å². The first-order valence-corrected chi connectivity index (χ1v) is 13.4. The second-order valence-corrected chi connectivity index (χ2v) is 10.9. The van der Waals surface area contributed by atoms with Crippen LogP contribution in [0.3, 0.4) is 0 Å². The van der Waals surface area contributed by atoms with Crippen molar-refractivity contribution in [3.63, 3.8) is 0 Å². The average molecular weight is 671 g/mol. The number of nitriles is 3. The molecule has 0 aliphatic heterocycles. The summed E-state index contributed by atoms with van der Waals surface area (Å²) in [4.78, 5) is 20.7. The minimum absolute atomic E-state index is 0.146. The van der Waals surface area contributed by atoms with Crippen LogP contribution in [0.25, 0.3) is 0 Å². The number of hydrogen-bond acceptors (Lipinski definition) is 8. The summed E-state index contributed by atoms with van der Waals surface area (Å²) in [6.07, 6.45) is 5.19. The maximum absolute atomic E-state index is 8.27. The van der Waals surface area contributed by atoms with Gasteiger partial charge in [-0.2, -0.15) is 15.0 Å². The molecule has 0 radical (unpaired) electrons. The number of rotatable bonds is 0. The summed E-state index contributed by atoms with van der Waals surface area (Å²) >= 11 is 0. The number of aliphatic imine (C=N–C) groups is 4. The monoisotopic (exact) mass is 671 g/mol. The molecule has 0 aromatic heterocycles.